The van der Waals surface area contributed by atoms with Gasteiger partial charge in [-0.3, -0.25) is 4.79 Å². The SMILES string of the molecule is CNC(=O)CO[C@@H](C)CI. The molecule has 0 aliphatic rings. The largest absolute Gasteiger partial charge is 0.368 e. The topological polar surface area (TPSA) is 38.3 Å². The number of ether oxygens (including phenoxy) is 1. The van der Waals surface area contributed by atoms with Gasteiger partial charge < -0.3 is 10.1 Å². The van der Waals surface area contributed by atoms with Gasteiger partial charge in [0.2, 0.25) is 5.91 Å². The molecule has 0 aliphatic carbocycles. The van der Waals surface area contributed by atoms with Crippen molar-refractivity contribution >= 4 is 28.5 Å². The fourth-order valence-electron chi connectivity index (χ4n) is 0.335. The van der Waals surface area contributed by atoms with E-state index in [-0.39, 0.29) is 18.6 Å². The maximum Gasteiger partial charge on any atom is 0.245 e. The van der Waals surface area contributed by atoms with Crippen molar-refractivity contribution in [2.75, 3.05) is 18.1 Å². The predicted octanol–water partition coefficient (Wildman–Crippen LogP) is 0.572. The number of hydrogen-bond donors (Lipinski definition) is 1. The summed E-state index contributed by atoms with van der Waals surface area (Å²) in [6.07, 6.45) is 0.165. The molecule has 10 heavy (non-hydrogen) atoms. The predicted molar refractivity (Wildman–Crippen MR) is 48.4 cm³/mol. The summed E-state index contributed by atoms with van der Waals surface area (Å²) in [5.41, 5.74) is 0. The summed E-state index contributed by atoms with van der Waals surface area (Å²) in [6, 6.07) is 0. The third-order valence-corrected chi connectivity index (χ3v) is 2.24. The number of rotatable bonds is 4. The van der Waals surface area contributed by atoms with E-state index in [1.165, 1.54) is 0 Å². The number of halogens is 1. The molecule has 0 aliphatic heterocycles. The molecule has 0 saturated carbocycles. The first-order chi connectivity index (χ1) is 4.70. The summed E-state index contributed by atoms with van der Waals surface area (Å²) in [5, 5.41) is 2.48. The highest BCUT2D eigenvalue weighted by atomic mass is 127. The van der Waals surface area contributed by atoms with Crippen molar-refractivity contribution in [1.29, 1.82) is 0 Å². The Hall–Kier alpha value is 0.160. The van der Waals surface area contributed by atoms with Crippen LogP contribution in [0.3, 0.4) is 0 Å². The summed E-state index contributed by atoms with van der Waals surface area (Å²) >= 11 is 2.22. The van der Waals surface area contributed by atoms with Crippen LogP contribution in [0.5, 0.6) is 0 Å². The first kappa shape index (κ1) is 10.2. The van der Waals surface area contributed by atoms with Crippen LogP contribution in [-0.4, -0.2) is 30.1 Å². The third-order valence-electron chi connectivity index (χ3n) is 0.995. The number of amides is 1. The molecule has 0 bridgehead atoms. The van der Waals surface area contributed by atoms with Gasteiger partial charge in [-0.25, -0.2) is 0 Å². The van der Waals surface area contributed by atoms with Crippen LogP contribution in [0.15, 0.2) is 0 Å². The zero-order valence-corrected chi connectivity index (χ0v) is 8.34. The van der Waals surface area contributed by atoms with Gasteiger partial charge in [0.05, 0.1) is 6.10 Å². The number of likely N-dealkylation sites (N-methyl/N-ethyl adjacent to an activating group) is 1. The van der Waals surface area contributed by atoms with Crippen molar-refractivity contribution < 1.29 is 9.53 Å². The summed E-state index contributed by atoms with van der Waals surface area (Å²) in [7, 11) is 1.60. The van der Waals surface area contributed by atoms with E-state index in [1.807, 2.05) is 6.92 Å². The third kappa shape index (κ3) is 4.99. The van der Waals surface area contributed by atoms with Gasteiger partial charge in [0, 0.05) is 11.5 Å². The van der Waals surface area contributed by atoms with Gasteiger partial charge in [-0.2, -0.15) is 0 Å². The molecule has 0 aromatic rings. The van der Waals surface area contributed by atoms with Crippen molar-refractivity contribution in [3.05, 3.63) is 0 Å². The van der Waals surface area contributed by atoms with Crippen molar-refractivity contribution in [3.63, 3.8) is 0 Å². The number of nitrogens with one attached hydrogen (secondary N) is 1. The van der Waals surface area contributed by atoms with Gasteiger partial charge >= 0.3 is 0 Å². The quantitative estimate of drug-likeness (QED) is 0.590. The molecule has 0 radical (unpaired) electrons. The first-order valence-corrected chi connectivity index (χ1v) is 4.61. The minimum absolute atomic E-state index is 0.0725. The Balaban J connectivity index is 3.26. The van der Waals surface area contributed by atoms with Gasteiger partial charge in [0.15, 0.2) is 0 Å². The van der Waals surface area contributed by atoms with E-state index < -0.39 is 0 Å². The van der Waals surface area contributed by atoms with E-state index in [2.05, 4.69) is 27.9 Å². The molecule has 3 nitrogen and oxygen atoms in total. The maximum absolute atomic E-state index is 10.6. The zero-order valence-electron chi connectivity index (χ0n) is 6.19. The van der Waals surface area contributed by atoms with Crippen LogP contribution in [-0.2, 0) is 9.53 Å². The first-order valence-electron chi connectivity index (χ1n) is 3.08. The summed E-state index contributed by atoms with van der Waals surface area (Å²) in [5.74, 6) is -0.0725. The van der Waals surface area contributed by atoms with E-state index in [9.17, 15) is 4.79 Å². The summed E-state index contributed by atoms with van der Waals surface area (Å²) < 4.78 is 6.04. The Kier molecular flexibility index (Phi) is 6.00. The molecular formula is C6H12INO2. The lowest BCUT2D eigenvalue weighted by Crippen LogP contribution is -2.26. The van der Waals surface area contributed by atoms with Crippen molar-refractivity contribution in [3.8, 4) is 0 Å². The average Bonchev–Trinajstić information content (AvgIpc) is 1.99. The molecule has 0 unspecified atom stereocenters. The molecular weight excluding hydrogens is 245 g/mol. The summed E-state index contributed by atoms with van der Waals surface area (Å²) in [4.78, 5) is 10.6. The monoisotopic (exact) mass is 257 g/mol. The van der Waals surface area contributed by atoms with Gasteiger partial charge in [-0.05, 0) is 6.92 Å². The van der Waals surface area contributed by atoms with Crippen LogP contribution in [0, 0.1) is 0 Å². The minimum Gasteiger partial charge on any atom is -0.368 e. The Morgan fingerprint density at radius 2 is 2.40 bits per heavy atom. The van der Waals surface area contributed by atoms with Gasteiger partial charge in [-0.15, -0.1) is 0 Å². The molecule has 0 saturated heterocycles. The number of carbonyl (C=O) groups is 1. The Morgan fingerprint density at radius 3 is 2.80 bits per heavy atom. The van der Waals surface area contributed by atoms with E-state index >= 15 is 0 Å². The van der Waals surface area contributed by atoms with Crippen molar-refractivity contribution in [2.45, 2.75) is 13.0 Å². The molecule has 1 N–H and O–H groups in total. The van der Waals surface area contributed by atoms with Crippen LogP contribution < -0.4 is 5.32 Å². The molecule has 60 valence electrons. The molecule has 0 aromatic carbocycles. The molecule has 1 amide bonds. The highest BCUT2D eigenvalue weighted by Crippen LogP contribution is 1.94. The lowest BCUT2D eigenvalue weighted by molar-refractivity contribution is -0.126. The lowest BCUT2D eigenvalue weighted by atomic mass is 10.5. The Bertz CT molecular complexity index is 108. The second kappa shape index (κ2) is 5.91. The fourth-order valence-corrected chi connectivity index (χ4v) is 0.589. The minimum atomic E-state index is -0.0725. The lowest BCUT2D eigenvalue weighted by Gasteiger charge is -2.07. The second-order valence-corrected chi connectivity index (χ2v) is 2.83. The van der Waals surface area contributed by atoms with Crippen LogP contribution in [0.2, 0.25) is 0 Å². The van der Waals surface area contributed by atoms with E-state index in [1.54, 1.807) is 7.05 Å². The van der Waals surface area contributed by atoms with Crippen LogP contribution in [0.25, 0.3) is 0 Å². The Labute approximate surface area is 74.7 Å². The van der Waals surface area contributed by atoms with Crippen molar-refractivity contribution in [2.24, 2.45) is 0 Å². The molecule has 0 rings (SSSR count). The van der Waals surface area contributed by atoms with E-state index in [0.29, 0.717) is 0 Å². The average molecular weight is 257 g/mol. The van der Waals surface area contributed by atoms with Crippen LogP contribution in [0.4, 0.5) is 0 Å². The van der Waals surface area contributed by atoms with Gasteiger partial charge in [0.25, 0.3) is 0 Å². The molecule has 0 fully saturated rings. The molecule has 0 heterocycles. The van der Waals surface area contributed by atoms with E-state index in [0.717, 1.165) is 4.43 Å². The second-order valence-electron chi connectivity index (χ2n) is 1.95. The zero-order chi connectivity index (χ0) is 7.98. The van der Waals surface area contributed by atoms with Crippen molar-refractivity contribution in [1.82, 2.24) is 5.32 Å². The maximum atomic E-state index is 10.6. The van der Waals surface area contributed by atoms with Gasteiger partial charge in [-0.1, -0.05) is 22.6 Å². The van der Waals surface area contributed by atoms with E-state index in [4.69, 9.17) is 4.74 Å². The number of hydrogen-bond acceptors (Lipinski definition) is 2. The number of carbonyl (C=O) groups excluding carboxylic acids is 1. The highest BCUT2D eigenvalue weighted by molar-refractivity contribution is 14.1. The standard InChI is InChI=1S/C6H12INO2/c1-5(3-7)10-4-6(9)8-2/h5H,3-4H2,1-2H3,(H,8,9)/t5-/m0/s1. The molecule has 1 atom stereocenters. The van der Waals surface area contributed by atoms with Crippen LogP contribution in [0.1, 0.15) is 6.92 Å². The Morgan fingerprint density at radius 1 is 1.80 bits per heavy atom. The van der Waals surface area contributed by atoms with Gasteiger partial charge in [0.1, 0.15) is 6.61 Å². The molecule has 4 heteroatoms. The summed E-state index contributed by atoms with van der Waals surface area (Å²) in [6.45, 7) is 2.11. The molecule has 0 spiro atoms. The smallest absolute Gasteiger partial charge is 0.245 e. The van der Waals surface area contributed by atoms with Crippen LogP contribution >= 0.6 is 22.6 Å². The highest BCUT2D eigenvalue weighted by Gasteiger charge is 2.02. The fraction of sp³-hybridized carbons (Fsp3) is 0.833. The normalized spacial score (nSPS) is 12.7. The number of alkyl halides is 1. The molecule has 0 aromatic heterocycles.